The van der Waals surface area contributed by atoms with Crippen LogP contribution in [-0.4, -0.2) is 12.0 Å². The molecule has 23 heavy (non-hydrogen) atoms. The zero-order valence-electron chi connectivity index (χ0n) is 13.3. The largest absolute Gasteiger partial charge is 0.481 e. The molecule has 0 aliphatic rings. The van der Waals surface area contributed by atoms with Gasteiger partial charge in [0.1, 0.15) is 11.6 Å². The third kappa shape index (κ3) is 4.70. The van der Waals surface area contributed by atoms with Gasteiger partial charge in [0.15, 0.2) is 6.10 Å². The van der Waals surface area contributed by atoms with E-state index in [-0.39, 0.29) is 10.9 Å². The SMILES string of the molecule is CC(Oc1ccc(C(C)C)cc1)C(=O)Nc1ccc(F)c(Cl)c1. The highest BCUT2D eigenvalue weighted by Crippen LogP contribution is 2.21. The van der Waals surface area contributed by atoms with Crippen LogP contribution in [0, 0.1) is 5.82 Å². The van der Waals surface area contributed by atoms with Crippen LogP contribution in [0.4, 0.5) is 10.1 Å². The van der Waals surface area contributed by atoms with Gasteiger partial charge in [-0.1, -0.05) is 37.6 Å². The van der Waals surface area contributed by atoms with Crippen LogP contribution in [0.15, 0.2) is 42.5 Å². The molecule has 0 bridgehead atoms. The van der Waals surface area contributed by atoms with Gasteiger partial charge in [-0.25, -0.2) is 4.39 Å². The second-order valence-corrected chi connectivity index (χ2v) is 6.01. The van der Waals surface area contributed by atoms with Crippen LogP contribution in [0.5, 0.6) is 5.75 Å². The summed E-state index contributed by atoms with van der Waals surface area (Å²) in [5.74, 6) is 0.196. The Labute approximate surface area is 140 Å². The highest BCUT2D eigenvalue weighted by molar-refractivity contribution is 6.31. The Morgan fingerprint density at radius 2 is 1.78 bits per heavy atom. The van der Waals surface area contributed by atoms with Gasteiger partial charge in [-0.2, -0.15) is 0 Å². The van der Waals surface area contributed by atoms with Gasteiger partial charge in [0, 0.05) is 5.69 Å². The van der Waals surface area contributed by atoms with Gasteiger partial charge >= 0.3 is 0 Å². The van der Waals surface area contributed by atoms with Crippen LogP contribution in [0.3, 0.4) is 0 Å². The van der Waals surface area contributed by atoms with E-state index in [0.29, 0.717) is 17.4 Å². The van der Waals surface area contributed by atoms with Crippen molar-refractivity contribution in [3.05, 3.63) is 58.9 Å². The highest BCUT2D eigenvalue weighted by atomic mass is 35.5. The molecule has 2 aromatic carbocycles. The molecular weight excluding hydrogens is 317 g/mol. The molecule has 0 aliphatic carbocycles. The van der Waals surface area contributed by atoms with Crippen LogP contribution in [0.25, 0.3) is 0 Å². The number of hydrogen-bond donors (Lipinski definition) is 1. The summed E-state index contributed by atoms with van der Waals surface area (Å²) >= 11 is 5.69. The molecule has 122 valence electrons. The number of halogens is 2. The van der Waals surface area contributed by atoms with Crippen molar-refractivity contribution in [1.82, 2.24) is 0 Å². The third-order valence-corrected chi connectivity index (χ3v) is 3.71. The maximum atomic E-state index is 13.1. The normalized spacial score (nSPS) is 12.1. The van der Waals surface area contributed by atoms with Crippen LogP contribution in [0.2, 0.25) is 5.02 Å². The van der Waals surface area contributed by atoms with Crippen molar-refractivity contribution in [2.75, 3.05) is 5.32 Å². The van der Waals surface area contributed by atoms with Crippen LogP contribution in [0.1, 0.15) is 32.3 Å². The number of rotatable bonds is 5. The molecule has 0 fully saturated rings. The summed E-state index contributed by atoms with van der Waals surface area (Å²) in [6.07, 6.45) is -0.691. The van der Waals surface area contributed by atoms with Crippen LogP contribution in [-0.2, 0) is 4.79 Å². The Bertz CT molecular complexity index is 686. The van der Waals surface area contributed by atoms with Crippen LogP contribution >= 0.6 is 11.6 Å². The maximum absolute atomic E-state index is 13.1. The second-order valence-electron chi connectivity index (χ2n) is 5.60. The number of ether oxygens (including phenoxy) is 1. The quantitative estimate of drug-likeness (QED) is 0.834. The summed E-state index contributed by atoms with van der Waals surface area (Å²) in [6, 6.07) is 11.6. The van der Waals surface area contributed by atoms with E-state index in [1.54, 1.807) is 6.92 Å². The molecule has 0 heterocycles. The third-order valence-electron chi connectivity index (χ3n) is 3.42. The number of carbonyl (C=O) groups is 1. The standard InChI is InChI=1S/C18H19ClFNO2/c1-11(2)13-4-7-15(8-5-13)23-12(3)18(22)21-14-6-9-17(20)16(19)10-14/h4-12H,1-3H3,(H,21,22). The summed E-state index contributed by atoms with van der Waals surface area (Å²) < 4.78 is 18.7. The first kappa shape index (κ1) is 17.3. The molecule has 1 atom stereocenters. The van der Waals surface area contributed by atoms with Gasteiger partial charge in [-0.05, 0) is 48.7 Å². The van der Waals surface area contributed by atoms with Gasteiger partial charge in [-0.15, -0.1) is 0 Å². The molecule has 0 saturated heterocycles. The van der Waals surface area contributed by atoms with Gasteiger partial charge in [0.25, 0.3) is 5.91 Å². The molecule has 5 heteroatoms. The molecule has 1 amide bonds. The van der Waals surface area contributed by atoms with E-state index in [9.17, 15) is 9.18 Å². The Balaban J connectivity index is 1.97. The zero-order chi connectivity index (χ0) is 17.0. The minimum Gasteiger partial charge on any atom is -0.481 e. The van der Waals surface area contributed by atoms with E-state index in [4.69, 9.17) is 16.3 Å². The number of carbonyl (C=O) groups excluding carboxylic acids is 1. The van der Waals surface area contributed by atoms with Crippen molar-refractivity contribution in [1.29, 1.82) is 0 Å². The molecule has 0 radical (unpaired) electrons. The zero-order valence-corrected chi connectivity index (χ0v) is 14.0. The van der Waals surface area contributed by atoms with Crippen LogP contribution < -0.4 is 10.1 Å². The maximum Gasteiger partial charge on any atom is 0.265 e. The first-order chi connectivity index (χ1) is 10.9. The molecule has 3 nitrogen and oxygen atoms in total. The minimum absolute atomic E-state index is 0.0411. The fourth-order valence-electron chi connectivity index (χ4n) is 2.01. The molecule has 0 aliphatic heterocycles. The summed E-state index contributed by atoms with van der Waals surface area (Å²) in [7, 11) is 0. The van der Waals surface area contributed by atoms with Gasteiger partial charge in [0.05, 0.1) is 5.02 Å². The molecule has 2 rings (SSSR count). The van der Waals surface area contributed by atoms with Crippen molar-refractivity contribution in [2.24, 2.45) is 0 Å². The average Bonchev–Trinajstić information content (AvgIpc) is 2.51. The number of benzene rings is 2. The lowest BCUT2D eigenvalue weighted by Gasteiger charge is -2.15. The van der Waals surface area contributed by atoms with E-state index >= 15 is 0 Å². The lowest BCUT2D eigenvalue weighted by Crippen LogP contribution is -2.30. The van der Waals surface area contributed by atoms with Gasteiger partial charge < -0.3 is 10.1 Å². The summed E-state index contributed by atoms with van der Waals surface area (Å²) in [6.45, 7) is 5.87. The summed E-state index contributed by atoms with van der Waals surface area (Å²) in [4.78, 5) is 12.1. The van der Waals surface area contributed by atoms with E-state index < -0.39 is 11.9 Å². The summed E-state index contributed by atoms with van der Waals surface area (Å²) in [5, 5.41) is 2.60. The smallest absolute Gasteiger partial charge is 0.265 e. The average molecular weight is 336 g/mol. The van der Waals surface area contributed by atoms with Gasteiger partial charge in [0.2, 0.25) is 0 Å². The number of anilines is 1. The van der Waals surface area contributed by atoms with Crippen molar-refractivity contribution in [2.45, 2.75) is 32.8 Å². The van der Waals surface area contributed by atoms with Crippen molar-refractivity contribution < 1.29 is 13.9 Å². The Morgan fingerprint density at radius 3 is 2.35 bits per heavy atom. The minimum atomic E-state index is -0.691. The fraction of sp³-hybridized carbons (Fsp3) is 0.278. The number of amides is 1. The lowest BCUT2D eigenvalue weighted by molar-refractivity contribution is -0.122. The van der Waals surface area contributed by atoms with E-state index in [2.05, 4.69) is 19.2 Å². The molecule has 2 aromatic rings. The highest BCUT2D eigenvalue weighted by Gasteiger charge is 2.15. The fourth-order valence-corrected chi connectivity index (χ4v) is 2.19. The number of nitrogens with one attached hydrogen (secondary N) is 1. The van der Waals surface area contributed by atoms with E-state index in [1.165, 1.54) is 23.8 Å². The van der Waals surface area contributed by atoms with Gasteiger partial charge in [-0.3, -0.25) is 4.79 Å². The Morgan fingerprint density at radius 1 is 1.13 bits per heavy atom. The molecular formula is C18H19ClFNO2. The predicted octanol–water partition coefficient (Wildman–Crippen LogP) is 5.01. The molecule has 0 aromatic heterocycles. The Hall–Kier alpha value is -2.07. The molecule has 0 spiro atoms. The monoisotopic (exact) mass is 335 g/mol. The van der Waals surface area contributed by atoms with E-state index in [1.807, 2.05) is 24.3 Å². The van der Waals surface area contributed by atoms with Crippen molar-refractivity contribution >= 4 is 23.2 Å². The first-order valence-corrected chi connectivity index (χ1v) is 7.77. The molecule has 1 unspecified atom stereocenters. The molecule has 1 N–H and O–H groups in total. The topological polar surface area (TPSA) is 38.3 Å². The first-order valence-electron chi connectivity index (χ1n) is 7.39. The molecule has 0 saturated carbocycles. The lowest BCUT2D eigenvalue weighted by atomic mass is 10.0. The van der Waals surface area contributed by atoms with E-state index in [0.717, 1.165) is 0 Å². The van der Waals surface area contributed by atoms with Crippen molar-refractivity contribution in [3.8, 4) is 5.75 Å². The van der Waals surface area contributed by atoms with Crippen molar-refractivity contribution in [3.63, 3.8) is 0 Å². The predicted molar refractivity (Wildman–Crippen MR) is 90.7 cm³/mol. The summed E-state index contributed by atoms with van der Waals surface area (Å²) in [5.41, 5.74) is 1.63. The second kappa shape index (κ2) is 7.47. The Kier molecular flexibility index (Phi) is 5.61. The number of hydrogen-bond acceptors (Lipinski definition) is 2.